The van der Waals surface area contributed by atoms with Gasteiger partial charge in [0.05, 0.1) is 5.92 Å². The molecule has 28 heavy (non-hydrogen) atoms. The quantitative estimate of drug-likeness (QED) is 0.391. The fourth-order valence-corrected chi connectivity index (χ4v) is 3.44. The van der Waals surface area contributed by atoms with E-state index in [1.54, 1.807) is 0 Å². The molecule has 3 aromatic carbocycles. The molecule has 1 aliphatic rings. The Morgan fingerprint density at radius 1 is 0.929 bits per heavy atom. The number of carbonyl (C=O) groups excluding carboxylic acids is 1. The SMILES string of the molecule is NOOC(Cc1ccccc1)NC(=O)C1c2ccccc2Oc2ccccc21. The lowest BCUT2D eigenvalue weighted by molar-refractivity contribution is -0.333. The first-order valence-corrected chi connectivity index (χ1v) is 8.98. The molecule has 142 valence electrons. The number of hydrogen-bond acceptors (Lipinski definition) is 5. The third kappa shape index (κ3) is 3.75. The summed E-state index contributed by atoms with van der Waals surface area (Å²) in [5, 5.41) is 2.90. The molecule has 1 unspecified atom stereocenters. The number of amides is 1. The van der Waals surface area contributed by atoms with Gasteiger partial charge in [-0.3, -0.25) is 4.79 Å². The van der Waals surface area contributed by atoms with Gasteiger partial charge in [0.15, 0.2) is 6.23 Å². The first-order chi connectivity index (χ1) is 13.8. The van der Waals surface area contributed by atoms with Gasteiger partial charge in [-0.05, 0) is 17.7 Å². The number of hydrogen-bond donors (Lipinski definition) is 2. The van der Waals surface area contributed by atoms with Crippen LogP contribution in [0.5, 0.6) is 11.5 Å². The van der Waals surface area contributed by atoms with Crippen molar-refractivity contribution in [2.24, 2.45) is 5.90 Å². The fraction of sp³-hybridized carbons (Fsp3) is 0.136. The van der Waals surface area contributed by atoms with Gasteiger partial charge in [-0.1, -0.05) is 66.7 Å². The normalized spacial score (nSPS) is 13.8. The summed E-state index contributed by atoms with van der Waals surface area (Å²) in [6.07, 6.45) is -0.321. The van der Waals surface area contributed by atoms with E-state index in [-0.39, 0.29) is 5.91 Å². The van der Waals surface area contributed by atoms with E-state index >= 15 is 0 Å². The van der Waals surface area contributed by atoms with E-state index in [1.807, 2.05) is 78.9 Å². The van der Waals surface area contributed by atoms with E-state index in [0.29, 0.717) is 17.9 Å². The van der Waals surface area contributed by atoms with Crippen molar-refractivity contribution in [1.29, 1.82) is 0 Å². The lowest BCUT2D eigenvalue weighted by atomic mass is 9.87. The molecule has 1 heterocycles. The smallest absolute Gasteiger partial charge is 0.234 e. The van der Waals surface area contributed by atoms with Gasteiger partial charge in [-0.25, -0.2) is 0 Å². The van der Waals surface area contributed by atoms with Crippen LogP contribution in [0.4, 0.5) is 0 Å². The molecule has 0 aliphatic carbocycles. The van der Waals surface area contributed by atoms with E-state index in [9.17, 15) is 4.79 Å². The zero-order valence-electron chi connectivity index (χ0n) is 15.1. The number of nitrogens with two attached hydrogens (primary N) is 1. The van der Waals surface area contributed by atoms with Crippen molar-refractivity contribution in [3.8, 4) is 11.5 Å². The maximum atomic E-state index is 13.3. The van der Waals surface area contributed by atoms with Gasteiger partial charge in [0.25, 0.3) is 0 Å². The Bertz CT molecular complexity index is 916. The monoisotopic (exact) mass is 376 g/mol. The van der Waals surface area contributed by atoms with Crippen LogP contribution >= 0.6 is 0 Å². The van der Waals surface area contributed by atoms with Crippen LogP contribution < -0.4 is 16.0 Å². The van der Waals surface area contributed by atoms with Crippen LogP contribution in [0.15, 0.2) is 78.9 Å². The minimum atomic E-state index is -0.734. The van der Waals surface area contributed by atoms with E-state index < -0.39 is 12.1 Å². The molecule has 0 bridgehead atoms. The summed E-state index contributed by atoms with van der Waals surface area (Å²) in [4.78, 5) is 22.7. The van der Waals surface area contributed by atoms with Gasteiger partial charge in [-0.15, -0.1) is 4.99 Å². The van der Waals surface area contributed by atoms with Crippen molar-refractivity contribution < 1.29 is 19.4 Å². The van der Waals surface area contributed by atoms with Crippen LogP contribution in [0.25, 0.3) is 0 Å². The topological polar surface area (TPSA) is 82.8 Å². The second-order valence-corrected chi connectivity index (χ2v) is 6.49. The summed E-state index contributed by atoms with van der Waals surface area (Å²) in [5.74, 6) is 5.68. The molecule has 0 saturated carbocycles. The molecule has 1 aliphatic heterocycles. The molecule has 1 amide bonds. The Kier molecular flexibility index (Phi) is 5.34. The summed E-state index contributed by atoms with van der Waals surface area (Å²) in [5.41, 5.74) is 2.58. The van der Waals surface area contributed by atoms with Crippen LogP contribution in [0.3, 0.4) is 0 Å². The van der Waals surface area contributed by atoms with Crippen LogP contribution in [0, 0.1) is 0 Å². The third-order valence-corrected chi connectivity index (χ3v) is 4.68. The number of nitrogens with one attached hydrogen (secondary N) is 1. The predicted octanol–water partition coefficient (Wildman–Crippen LogP) is 3.43. The second-order valence-electron chi connectivity index (χ2n) is 6.49. The van der Waals surface area contributed by atoms with Crippen molar-refractivity contribution in [3.63, 3.8) is 0 Å². The highest BCUT2D eigenvalue weighted by atomic mass is 17.3. The Morgan fingerprint density at radius 2 is 1.50 bits per heavy atom. The highest BCUT2D eigenvalue weighted by molar-refractivity contribution is 5.89. The van der Waals surface area contributed by atoms with E-state index in [4.69, 9.17) is 15.5 Å². The second kappa shape index (κ2) is 8.22. The summed E-state index contributed by atoms with van der Waals surface area (Å²) in [7, 11) is 0. The van der Waals surface area contributed by atoms with E-state index in [2.05, 4.69) is 10.3 Å². The van der Waals surface area contributed by atoms with Gasteiger partial charge < -0.3 is 10.1 Å². The zero-order chi connectivity index (χ0) is 19.3. The molecule has 6 heteroatoms. The fourth-order valence-electron chi connectivity index (χ4n) is 3.44. The lowest BCUT2D eigenvalue weighted by Gasteiger charge is -2.28. The van der Waals surface area contributed by atoms with Crippen molar-refractivity contribution in [1.82, 2.24) is 5.32 Å². The van der Waals surface area contributed by atoms with Crippen molar-refractivity contribution in [3.05, 3.63) is 95.6 Å². The maximum Gasteiger partial charge on any atom is 0.234 e. The average molecular weight is 376 g/mol. The molecule has 0 radical (unpaired) electrons. The number of rotatable bonds is 6. The molecule has 3 N–H and O–H groups in total. The molecule has 6 nitrogen and oxygen atoms in total. The number of benzene rings is 3. The molecular formula is C22H20N2O4. The molecule has 0 aromatic heterocycles. The molecule has 3 aromatic rings. The van der Waals surface area contributed by atoms with Crippen LogP contribution in [0.2, 0.25) is 0 Å². The van der Waals surface area contributed by atoms with Gasteiger partial charge >= 0.3 is 0 Å². The van der Waals surface area contributed by atoms with Gasteiger partial charge in [0.2, 0.25) is 5.91 Å². The first kappa shape index (κ1) is 18.2. The van der Waals surface area contributed by atoms with Crippen LogP contribution in [0.1, 0.15) is 22.6 Å². The van der Waals surface area contributed by atoms with E-state index in [1.165, 1.54) is 0 Å². The highest BCUT2D eigenvalue weighted by Gasteiger charge is 2.33. The molecule has 1 atom stereocenters. The zero-order valence-corrected chi connectivity index (χ0v) is 15.1. The standard InChI is InChI=1S/C22H20N2O4/c23-28-27-20(14-15-8-2-1-3-9-15)24-22(25)21-16-10-4-6-12-18(16)26-19-13-7-5-11-17(19)21/h1-13,20-21H,14,23H2,(H,24,25). The largest absolute Gasteiger partial charge is 0.457 e. The number of para-hydroxylation sites is 2. The number of fused-ring (bicyclic) bond motifs is 2. The Morgan fingerprint density at radius 3 is 2.11 bits per heavy atom. The Labute approximate surface area is 162 Å². The molecule has 0 spiro atoms. The van der Waals surface area contributed by atoms with Crippen LogP contribution in [-0.4, -0.2) is 12.1 Å². The number of carbonyl (C=O) groups is 1. The van der Waals surface area contributed by atoms with Crippen molar-refractivity contribution >= 4 is 5.91 Å². The van der Waals surface area contributed by atoms with Crippen molar-refractivity contribution in [2.75, 3.05) is 0 Å². The third-order valence-electron chi connectivity index (χ3n) is 4.68. The highest BCUT2D eigenvalue weighted by Crippen LogP contribution is 2.43. The minimum Gasteiger partial charge on any atom is -0.457 e. The van der Waals surface area contributed by atoms with Gasteiger partial charge in [0.1, 0.15) is 11.5 Å². The average Bonchev–Trinajstić information content (AvgIpc) is 2.72. The first-order valence-electron chi connectivity index (χ1n) is 8.98. The molecular weight excluding hydrogens is 356 g/mol. The minimum absolute atomic E-state index is 0.221. The predicted molar refractivity (Wildman–Crippen MR) is 103 cm³/mol. The molecule has 4 rings (SSSR count). The molecule has 0 fully saturated rings. The maximum absolute atomic E-state index is 13.3. The van der Waals surface area contributed by atoms with Gasteiger partial charge in [-0.2, -0.15) is 10.8 Å². The molecule has 0 saturated heterocycles. The van der Waals surface area contributed by atoms with Gasteiger partial charge in [0, 0.05) is 17.5 Å². The Hall–Kier alpha value is -3.19. The lowest BCUT2D eigenvalue weighted by Crippen LogP contribution is -2.42. The summed E-state index contributed by atoms with van der Waals surface area (Å²) in [6.45, 7) is 0. The van der Waals surface area contributed by atoms with E-state index in [0.717, 1.165) is 16.7 Å². The Balaban J connectivity index is 1.61. The van der Waals surface area contributed by atoms with Crippen LogP contribution in [-0.2, 0) is 21.1 Å². The summed E-state index contributed by atoms with van der Waals surface area (Å²) < 4.78 is 5.95. The summed E-state index contributed by atoms with van der Waals surface area (Å²) >= 11 is 0. The van der Waals surface area contributed by atoms with Crippen molar-refractivity contribution in [2.45, 2.75) is 18.6 Å². The summed E-state index contributed by atoms with van der Waals surface area (Å²) in [6, 6.07) is 24.7. The number of ether oxygens (including phenoxy) is 1.